The van der Waals surface area contributed by atoms with Gasteiger partial charge < -0.3 is 10.5 Å². The van der Waals surface area contributed by atoms with Crippen molar-refractivity contribution in [2.24, 2.45) is 5.73 Å². The molecular formula is C13H8BrClFNO2. The summed E-state index contributed by atoms with van der Waals surface area (Å²) in [6.07, 6.45) is 0. The highest BCUT2D eigenvalue weighted by Gasteiger charge is 2.16. The van der Waals surface area contributed by atoms with Crippen LogP contribution in [0, 0.1) is 5.82 Å². The minimum atomic E-state index is -0.904. The maximum Gasteiger partial charge on any atom is 0.255 e. The third-order valence-electron chi connectivity index (χ3n) is 2.33. The van der Waals surface area contributed by atoms with Crippen LogP contribution in [0.4, 0.5) is 4.39 Å². The Morgan fingerprint density at radius 3 is 2.68 bits per heavy atom. The van der Waals surface area contributed by atoms with E-state index in [1.165, 1.54) is 12.1 Å². The Bertz CT molecular complexity index is 649. The van der Waals surface area contributed by atoms with Crippen LogP contribution in [0.1, 0.15) is 10.4 Å². The topological polar surface area (TPSA) is 52.3 Å². The molecule has 0 unspecified atom stereocenters. The molecule has 0 saturated carbocycles. The van der Waals surface area contributed by atoms with E-state index in [1.54, 1.807) is 18.2 Å². The summed E-state index contributed by atoms with van der Waals surface area (Å²) >= 11 is 9.23. The minimum absolute atomic E-state index is 0.0208. The first kappa shape index (κ1) is 13.8. The summed E-state index contributed by atoms with van der Waals surface area (Å²) in [5.74, 6) is -1.33. The van der Waals surface area contributed by atoms with Crippen molar-refractivity contribution in [2.75, 3.05) is 0 Å². The third-order valence-corrected chi connectivity index (χ3v) is 3.14. The van der Waals surface area contributed by atoms with E-state index in [9.17, 15) is 9.18 Å². The smallest absolute Gasteiger partial charge is 0.255 e. The number of hydrogen-bond donors (Lipinski definition) is 1. The van der Waals surface area contributed by atoms with Crippen molar-refractivity contribution in [3.8, 4) is 11.5 Å². The van der Waals surface area contributed by atoms with Gasteiger partial charge in [-0.05, 0) is 30.3 Å². The Kier molecular flexibility index (Phi) is 4.07. The van der Waals surface area contributed by atoms with Gasteiger partial charge in [0.05, 0.1) is 5.02 Å². The molecule has 6 heteroatoms. The molecule has 2 aromatic carbocycles. The first-order chi connectivity index (χ1) is 8.99. The molecule has 0 saturated heterocycles. The number of rotatable bonds is 3. The van der Waals surface area contributed by atoms with Gasteiger partial charge in [0.1, 0.15) is 22.9 Å². The molecule has 0 aromatic heterocycles. The Balaban J connectivity index is 2.46. The Morgan fingerprint density at radius 1 is 1.26 bits per heavy atom. The second kappa shape index (κ2) is 5.59. The van der Waals surface area contributed by atoms with Crippen LogP contribution in [0.15, 0.2) is 40.9 Å². The number of amides is 1. The molecule has 2 aromatic rings. The molecule has 0 atom stereocenters. The SMILES string of the molecule is NC(=O)c1c(F)cccc1Oc1cc(Br)ccc1Cl. The number of carbonyl (C=O) groups is 1. The molecule has 0 heterocycles. The van der Waals surface area contributed by atoms with Gasteiger partial charge in [-0.15, -0.1) is 0 Å². The van der Waals surface area contributed by atoms with E-state index in [0.29, 0.717) is 10.8 Å². The number of carbonyl (C=O) groups excluding carboxylic acids is 1. The predicted molar refractivity (Wildman–Crippen MR) is 74.1 cm³/mol. The van der Waals surface area contributed by atoms with E-state index >= 15 is 0 Å². The average molecular weight is 345 g/mol. The van der Waals surface area contributed by atoms with Crippen molar-refractivity contribution in [3.05, 3.63) is 57.3 Å². The maximum absolute atomic E-state index is 13.6. The molecule has 1 amide bonds. The minimum Gasteiger partial charge on any atom is -0.455 e. The van der Waals surface area contributed by atoms with Crippen LogP contribution in [0.25, 0.3) is 0 Å². The molecular weight excluding hydrogens is 337 g/mol. The number of halogens is 3. The summed E-state index contributed by atoms with van der Waals surface area (Å²) in [5.41, 5.74) is 4.83. The van der Waals surface area contributed by atoms with Crippen LogP contribution < -0.4 is 10.5 Å². The summed E-state index contributed by atoms with van der Waals surface area (Å²) < 4.78 is 19.8. The second-order valence-electron chi connectivity index (χ2n) is 3.65. The standard InChI is InChI=1S/C13H8BrClFNO2/c14-7-4-5-8(15)11(6-7)19-10-3-1-2-9(16)12(10)13(17)18/h1-6H,(H2,17,18). The molecule has 3 nitrogen and oxygen atoms in total. The van der Waals surface area contributed by atoms with Crippen molar-refractivity contribution in [2.45, 2.75) is 0 Å². The maximum atomic E-state index is 13.6. The molecule has 19 heavy (non-hydrogen) atoms. The zero-order valence-electron chi connectivity index (χ0n) is 9.49. The number of ether oxygens (including phenoxy) is 1. The van der Waals surface area contributed by atoms with Crippen LogP contribution in [0.3, 0.4) is 0 Å². The summed E-state index contributed by atoms with van der Waals surface area (Å²) in [6, 6.07) is 8.96. The zero-order valence-corrected chi connectivity index (χ0v) is 11.8. The Morgan fingerprint density at radius 2 is 2.00 bits per heavy atom. The first-order valence-electron chi connectivity index (χ1n) is 5.20. The molecule has 2 rings (SSSR count). The van der Waals surface area contributed by atoms with E-state index in [1.807, 2.05) is 0 Å². The van der Waals surface area contributed by atoms with Crippen LogP contribution >= 0.6 is 27.5 Å². The number of benzene rings is 2. The Hall–Kier alpha value is -1.59. The fourth-order valence-electron chi connectivity index (χ4n) is 1.50. The summed E-state index contributed by atoms with van der Waals surface area (Å²) in [6.45, 7) is 0. The van der Waals surface area contributed by atoms with E-state index in [4.69, 9.17) is 22.1 Å². The molecule has 0 aliphatic carbocycles. The summed E-state index contributed by atoms with van der Waals surface area (Å²) in [4.78, 5) is 11.2. The Labute approximate surface area is 122 Å². The van der Waals surface area contributed by atoms with Crippen LogP contribution in [-0.4, -0.2) is 5.91 Å². The van der Waals surface area contributed by atoms with Gasteiger partial charge in [-0.25, -0.2) is 4.39 Å². The molecule has 0 aliphatic heterocycles. The monoisotopic (exact) mass is 343 g/mol. The van der Waals surface area contributed by atoms with E-state index in [2.05, 4.69) is 15.9 Å². The highest BCUT2D eigenvalue weighted by atomic mass is 79.9. The van der Waals surface area contributed by atoms with Crippen LogP contribution in [0.2, 0.25) is 5.02 Å². The zero-order chi connectivity index (χ0) is 14.0. The van der Waals surface area contributed by atoms with Gasteiger partial charge in [0.25, 0.3) is 5.91 Å². The highest BCUT2D eigenvalue weighted by molar-refractivity contribution is 9.10. The van der Waals surface area contributed by atoms with Gasteiger partial charge in [0.2, 0.25) is 0 Å². The fourth-order valence-corrected chi connectivity index (χ4v) is 2.00. The lowest BCUT2D eigenvalue weighted by Crippen LogP contribution is -2.14. The average Bonchev–Trinajstić information content (AvgIpc) is 2.33. The van der Waals surface area contributed by atoms with E-state index in [0.717, 1.165) is 10.5 Å². The lowest BCUT2D eigenvalue weighted by Gasteiger charge is -2.11. The predicted octanol–water partition coefficient (Wildman–Crippen LogP) is 4.13. The van der Waals surface area contributed by atoms with Crippen molar-refractivity contribution in [3.63, 3.8) is 0 Å². The van der Waals surface area contributed by atoms with Gasteiger partial charge in [-0.2, -0.15) is 0 Å². The molecule has 0 aliphatic rings. The molecule has 2 N–H and O–H groups in total. The van der Waals surface area contributed by atoms with Crippen molar-refractivity contribution < 1.29 is 13.9 Å². The largest absolute Gasteiger partial charge is 0.455 e. The fraction of sp³-hybridized carbons (Fsp3) is 0. The van der Waals surface area contributed by atoms with Gasteiger partial charge in [0, 0.05) is 4.47 Å². The van der Waals surface area contributed by atoms with Gasteiger partial charge in [-0.1, -0.05) is 33.6 Å². The second-order valence-corrected chi connectivity index (χ2v) is 4.98. The first-order valence-corrected chi connectivity index (χ1v) is 6.37. The summed E-state index contributed by atoms with van der Waals surface area (Å²) in [7, 11) is 0. The van der Waals surface area contributed by atoms with Crippen molar-refractivity contribution >= 4 is 33.4 Å². The molecule has 0 radical (unpaired) electrons. The molecule has 98 valence electrons. The third kappa shape index (κ3) is 3.05. The van der Waals surface area contributed by atoms with Gasteiger partial charge in [-0.3, -0.25) is 4.79 Å². The normalized spacial score (nSPS) is 10.3. The molecule has 0 spiro atoms. The lowest BCUT2D eigenvalue weighted by molar-refractivity contribution is 0.0994. The van der Waals surface area contributed by atoms with E-state index < -0.39 is 11.7 Å². The highest BCUT2D eigenvalue weighted by Crippen LogP contribution is 2.34. The van der Waals surface area contributed by atoms with Crippen molar-refractivity contribution in [1.29, 1.82) is 0 Å². The van der Waals surface area contributed by atoms with Crippen molar-refractivity contribution in [1.82, 2.24) is 0 Å². The van der Waals surface area contributed by atoms with Gasteiger partial charge in [0.15, 0.2) is 0 Å². The van der Waals surface area contributed by atoms with Gasteiger partial charge >= 0.3 is 0 Å². The number of hydrogen-bond acceptors (Lipinski definition) is 2. The molecule has 0 bridgehead atoms. The quantitative estimate of drug-likeness (QED) is 0.910. The van der Waals surface area contributed by atoms with E-state index in [-0.39, 0.29) is 11.3 Å². The molecule has 0 fully saturated rings. The van der Waals surface area contributed by atoms with Crippen LogP contribution in [0.5, 0.6) is 11.5 Å². The summed E-state index contributed by atoms with van der Waals surface area (Å²) in [5, 5.41) is 0.336. The lowest BCUT2D eigenvalue weighted by atomic mass is 10.2. The number of nitrogens with two attached hydrogens (primary N) is 1. The number of primary amides is 1. The van der Waals surface area contributed by atoms with Crippen LogP contribution in [-0.2, 0) is 0 Å².